The summed E-state index contributed by atoms with van der Waals surface area (Å²) in [6.07, 6.45) is 2.08. The fourth-order valence-corrected chi connectivity index (χ4v) is 2.36. The first-order valence-electron chi connectivity index (χ1n) is 5.41. The van der Waals surface area contributed by atoms with Crippen LogP contribution in [-0.4, -0.2) is 10.2 Å². The number of nitrogens with one attached hydrogen (secondary N) is 1. The summed E-state index contributed by atoms with van der Waals surface area (Å²) in [5.74, 6) is 0.643. The maximum Gasteiger partial charge on any atom is 0.151 e. The van der Waals surface area contributed by atoms with Crippen LogP contribution in [0.1, 0.15) is 11.1 Å². The number of nitrogens with zero attached hydrogens (tertiary/aromatic N) is 2. The second-order valence-corrected chi connectivity index (χ2v) is 4.79. The summed E-state index contributed by atoms with van der Waals surface area (Å²) in [7, 11) is 0. The SMILES string of the molecule is N#CCc1ccc(CSC(=N)N)c2cccnc12. The third kappa shape index (κ3) is 2.60. The molecule has 18 heavy (non-hydrogen) atoms. The smallest absolute Gasteiger partial charge is 0.151 e. The summed E-state index contributed by atoms with van der Waals surface area (Å²) >= 11 is 1.29. The van der Waals surface area contributed by atoms with E-state index in [1.165, 1.54) is 11.8 Å². The first kappa shape index (κ1) is 12.4. The van der Waals surface area contributed by atoms with Gasteiger partial charge in [0.15, 0.2) is 5.17 Å². The molecule has 2 aromatic rings. The van der Waals surface area contributed by atoms with Crippen molar-refractivity contribution in [2.75, 3.05) is 0 Å². The van der Waals surface area contributed by atoms with Gasteiger partial charge in [0.2, 0.25) is 0 Å². The predicted octanol–water partition coefficient (Wildman–Crippen LogP) is 2.43. The number of benzene rings is 1. The molecule has 3 N–H and O–H groups in total. The first-order valence-corrected chi connectivity index (χ1v) is 6.40. The maximum absolute atomic E-state index is 8.80. The fourth-order valence-electron chi connectivity index (χ4n) is 1.80. The summed E-state index contributed by atoms with van der Waals surface area (Å²) in [4.78, 5) is 4.34. The number of rotatable bonds is 3. The van der Waals surface area contributed by atoms with Crippen molar-refractivity contribution >= 4 is 27.8 Å². The molecule has 0 bridgehead atoms. The van der Waals surface area contributed by atoms with Crippen LogP contribution in [0.5, 0.6) is 0 Å². The van der Waals surface area contributed by atoms with Gasteiger partial charge in [0.25, 0.3) is 0 Å². The molecular weight excluding hydrogens is 244 g/mol. The van der Waals surface area contributed by atoms with Gasteiger partial charge in [0.05, 0.1) is 18.0 Å². The van der Waals surface area contributed by atoms with E-state index in [-0.39, 0.29) is 5.17 Å². The molecular formula is C13H12N4S. The molecule has 0 atom stereocenters. The number of hydrogen-bond donors (Lipinski definition) is 2. The molecule has 0 saturated heterocycles. The van der Waals surface area contributed by atoms with E-state index in [1.807, 2.05) is 24.3 Å². The number of nitrogens with two attached hydrogens (primary N) is 1. The Morgan fingerprint density at radius 2 is 2.17 bits per heavy atom. The van der Waals surface area contributed by atoms with Gasteiger partial charge >= 0.3 is 0 Å². The Kier molecular flexibility index (Phi) is 3.80. The average molecular weight is 256 g/mol. The van der Waals surface area contributed by atoms with Crippen molar-refractivity contribution in [3.05, 3.63) is 41.6 Å². The molecule has 0 amide bonds. The van der Waals surface area contributed by atoms with E-state index in [0.29, 0.717) is 12.2 Å². The minimum absolute atomic E-state index is 0.105. The normalized spacial score (nSPS) is 10.2. The minimum atomic E-state index is 0.105. The van der Waals surface area contributed by atoms with Crippen LogP contribution in [0, 0.1) is 16.7 Å². The van der Waals surface area contributed by atoms with Crippen molar-refractivity contribution in [1.29, 1.82) is 10.7 Å². The highest BCUT2D eigenvalue weighted by Crippen LogP contribution is 2.24. The Morgan fingerprint density at radius 1 is 1.39 bits per heavy atom. The Balaban J connectivity index is 2.47. The Morgan fingerprint density at radius 3 is 2.89 bits per heavy atom. The largest absolute Gasteiger partial charge is 0.379 e. The van der Waals surface area contributed by atoms with Crippen molar-refractivity contribution in [3.8, 4) is 6.07 Å². The van der Waals surface area contributed by atoms with Gasteiger partial charge in [-0.3, -0.25) is 10.4 Å². The lowest BCUT2D eigenvalue weighted by Crippen LogP contribution is -2.04. The lowest BCUT2D eigenvalue weighted by Gasteiger charge is -2.08. The van der Waals surface area contributed by atoms with E-state index < -0.39 is 0 Å². The molecule has 1 aromatic carbocycles. The number of amidine groups is 1. The molecule has 0 radical (unpaired) electrons. The van der Waals surface area contributed by atoms with Crippen LogP contribution < -0.4 is 5.73 Å². The zero-order valence-electron chi connectivity index (χ0n) is 9.68. The minimum Gasteiger partial charge on any atom is -0.379 e. The zero-order chi connectivity index (χ0) is 13.0. The van der Waals surface area contributed by atoms with E-state index in [4.69, 9.17) is 16.4 Å². The molecule has 1 aromatic heterocycles. The van der Waals surface area contributed by atoms with Crippen molar-refractivity contribution in [3.63, 3.8) is 0 Å². The number of nitriles is 1. The Labute approximate surface area is 109 Å². The predicted molar refractivity (Wildman–Crippen MR) is 74.3 cm³/mol. The van der Waals surface area contributed by atoms with E-state index in [9.17, 15) is 0 Å². The molecule has 0 saturated carbocycles. The molecule has 0 aliphatic rings. The summed E-state index contributed by atoms with van der Waals surface area (Å²) in [5, 5.41) is 17.2. The quantitative estimate of drug-likeness (QED) is 0.652. The topological polar surface area (TPSA) is 86.5 Å². The lowest BCUT2D eigenvalue weighted by molar-refractivity contribution is 1.24. The van der Waals surface area contributed by atoms with Crippen LogP contribution in [0.25, 0.3) is 10.9 Å². The monoisotopic (exact) mass is 256 g/mol. The van der Waals surface area contributed by atoms with E-state index in [2.05, 4.69) is 11.1 Å². The summed E-state index contributed by atoms with van der Waals surface area (Å²) in [6.45, 7) is 0. The number of thioether (sulfide) groups is 1. The van der Waals surface area contributed by atoms with E-state index >= 15 is 0 Å². The molecule has 0 aliphatic carbocycles. The van der Waals surface area contributed by atoms with E-state index in [0.717, 1.165) is 22.0 Å². The van der Waals surface area contributed by atoms with Gasteiger partial charge in [-0.1, -0.05) is 30.0 Å². The maximum atomic E-state index is 8.80. The molecule has 4 nitrogen and oxygen atoms in total. The molecule has 0 fully saturated rings. The molecule has 1 heterocycles. The molecule has 0 unspecified atom stereocenters. The highest BCUT2D eigenvalue weighted by Gasteiger charge is 2.07. The Hall–Kier alpha value is -2.06. The van der Waals surface area contributed by atoms with Gasteiger partial charge in [0, 0.05) is 17.3 Å². The molecule has 90 valence electrons. The molecule has 2 rings (SSSR count). The van der Waals surface area contributed by atoms with Crippen LogP contribution in [0.3, 0.4) is 0 Å². The number of pyridine rings is 1. The Bertz CT molecular complexity index is 630. The van der Waals surface area contributed by atoms with Crippen molar-refractivity contribution in [2.24, 2.45) is 5.73 Å². The number of fused-ring (bicyclic) bond motifs is 1. The van der Waals surface area contributed by atoms with Gasteiger partial charge in [-0.15, -0.1) is 0 Å². The van der Waals surface area contributed by atoms with Gasteiger partial charge in [-0.25, -0.2) is 0 Å². The third-order valence-corrected chi connectivity index (χ3v) is 3.36. The van der Waals surface area contributed by atoms with Crippen molar-refractivity contribution in [2.45, 2.75) is 12.2 Å². The standard InChI is InChI=1S/C13H12N4S/c14-6-5-9-3-4-10(8-18-13(15)16)11-2-1-7-17-12(9)11/h1-4,7H,5,8H2,(H3,15,16). The van der Waals surface area contributed by atoms with Crippen LogP contribution in [0.15, 0.2) is 30.5 Å². The summed E-state index contributed by atoms with van der Waals surface area (Å²) in [5.41, 5.74) is 8.23. The van der Waals surface area contributed by atoms with Crippen LogP contribution in [0.4, 0.5) is 0 Å². The van der Waals surface area contributed by atoms with Crippen LogP contribution in [0.2, 0.25) is 0 Å². The fraction of sp³-hybridized carbons (Fsp3) is 0.154. The lowest BCUT2D eigenvalue weighted by atomic mass is 10.0. The van der Waals surface area contributed by atoms with Crippen molar-refractivity contribution < 1.29 is 0 Å². The number of aromatic nitrogens is 1. The van der Waals surface area contributed by atoms with E-state index in [1.54, 1.807) is 6.20 Å². The van der Waals surface area contributed by atoms with Gasteiger partial charge in [0.1, 0.15) is 0 Å². The average Bonchev–Trinajstić information content (AvgIpc) is 2.38. The van der Waals surface area contributed by atoms with Gasteiger partial charge < -0.3 is 5.73 Å². The van der Waals surface area contributed by atoms with Gasteiger partial charge in [-0.05, 0) is 17.2 Å². The third-order valence-electron chi connectivity index (χ3n) is 2.60. The second-order valence-electron chi connectivity index (χ2n) is 3.77. The van der Waals surface area contributed by atoms with Crippen LogP contribution >= 0.6 is 11.8 Å². The highest BCUT2D eigenvalue weighted by molar-refractivity contribution is 8.13. The van der Waals surface area contributed by atoms with Crippen molar-refractivity contribution in [1.82, 2.24) is 4.98 Å². The molecule has 0 aliphatic heterocycles. The molecule has 5 heteroatoms. The van der Waals surface area contributed by atoms with Gasteiger partial charge in [-0.2, -0.15) is 5.26 Å². The highest BCUT2D eigenvalue weighted by atomic mass is 32.2. The first-order chi connectivity index (χ1) is 8.72. The number of hydrogen-bond acceptors (Lipinski definition) is 4. The summed E-state index contributed by atoms with van der Waals surface area (Å²) < 4.78 is 0. The molecule has 0 spiro atoms. The summed E-state index contributed by atoms with van der Waals surface area (Å²) in [6, 6.07) is 9.91. The second kappa shape index (κ2) is 5.52. The van der Waals surface area contributed by atoms with Crippen LogP contribution in [-0.2, 0) is 12.2 Å². The zero-order valence-corrected chi connectivity index (χ0v) is 10.5.